The molecule has 1 saturated carbocycles. The molecule has 1 N–H and O–H groups in total. The van der Waals surface area contributed by atoms with Gasteiger partial charge in [-0.05, 0) is 12.8 Å². The van der Waals surface area contributed by atoms with Gasteiger partial charge in [0.1, 0.15) is 12.0 Å². The fourth-order valence-electron chi connectivity index (χ4n) is 2.08. The number of anilines is 1. The summed E-state index contributed by atoms with van der Waals surface area (Å²) in [6.07, 6.45) is 3.14. The van der Waals surface area contributed by atoms with Crippen LogP contribution in [0.25, 0.3) is 0 Å². The lowest BCUT2D eigenvalue weighted by molar-refractivity contribution is -0.385. The Bertz CT molecular complexity index is 606. The Morgan fingerprint density at radius 2 is 2.38 bits per heavy atom. The number of aromatic nitrogens is 1. The molecule has 1 aromatic rings. The summed E-state index contributed by atoms with van der Waals surface area (Å²) in [6.45, 7) is 0.325. The van der Waals surface area contributed by atoms with Gasteiger partial charge in [0.2, 0.25) is 0 Å². The third-order valence-corrected chi connectivity index (χ3v) is 3.26. The molecule has 110 valence electrons. The van der Waals surface area contributed by atoms with Crippen molar-refractivity contribution in [2.45, 2.75) is 25.3 Å². The molecule has 0 aromatic carbocycles. The fraction of sp³-hybridized carbons (Fsp3) is 0.462. The number of nitriles is 1. The topological polar surface area (TPSA) is 112 Å². The van der Waals surface area contributed by atoms with Crippen LogP contribution in [-0.4, -0.2) is 40.3 Å². The summed E-state index contributed by atoms with van der Waals surface area (Å²) >= 11 is 0. The highest BCUT2D eigenvalue weighted by Gasteiger charge is 2.34. The lowest BCUT2D eigenvalue weighted by Gasteiger charge is -2.22. The molecular formula is C13H15N5O3. The first-order chi connectivity index (χ1) is 10.1. The summed E-state index contributed by atoms with van der Waals surface area (Å²) in [7, 11) is 1.60. The second kappa shape index (κ2) is 6.17. The maximum atomic E-state index is 12.6. The molecule has 0 bridgehead atoms. The van der Waals surface area contributed by atoms with Gasteiger partial charge in [0.25, 0.3) is 11.6 Å². The summed E-state index contributed by atoms with van der Waals surface area (Å²) in [5.74, 6) is -0.0264. The van der Waals surface area contributed by atoms with Crippen LogP contribution in [-0.2, 0) is 0 Å². The number of nitro groups is 1. The molecule has 0 atom stereocenters. The average Bonchev–Trinajstić information content (AvgIpc) is 3.31. The molecule has 8 nitrogen and oxygen atoms in total. The van der Waals surface area contributed by atoms with Gasteiger partial charge in [0, 0.05) is 25.7 Å². The number of rotatable bonds is 6. The van der Waals surface area contributed by atoms with Gasteiger partial charge in [0.15, 0.2) is 0 Å². The molecule has 2 rings (SSSR count). The van der Waals surface area contributed by atoms with Crippen molar-refractivity contribution in [3.05, 3.63) is 27.9 Å². The van der Waals surface area contributed by atoms with Gasteiger partial charge in [0.05, 0.1) is 23.0 Å². The number of pyridine rings is 1. The monoisotopic (exact) mass is 289 g/mol. The number of carbonyl (C=O) groups excluding carboxylic acids is 1. The van der Waals surface area contributed by atoms with E-state index in [9.17, 15) is 14.9 Å². The predicted octanol–water partition coefficient (Wildman–Crippen LogP) is 1.55. The summed E-state index contributed by atoms with van der Waals surface area (Å²) in [5.41, 5.74) is -0.0649. The van der Waals surface area contributed by atoms with E-state index < -0.39 is 4.92 Å². The van der Waals surface area contributed by atoms with Crippen LogP contribution in [0.2, 0.25) is 0 Å². The fourth-order valence-corrected chi connectivity index (χ4v) is 2.08. The molecule has 0 spiro atoms. The van der Waals surface area contributed by atoms with E-state index in [-0.39, 0.29) is 29.6 Å². The van der Waals surface area contributed by atoms with E-state index in [1.807, 2.05) is 6.07 Å². The minimum Gasteiger partial charge on any atom is -0.372 e. The average molecular weight is 289 g/mol. The maximum absolute atomic E-state index is 12.6. The summed E-state index contributed by atoms with van der Waals surface area (Å²) in [5, 5.41) is 22.3. The standard InChI is InChI=1S/C13H15N5O3/c1-15-12-11(7-10(8-16-12)18(20)21)13(19)17(6-2-5-14)9-3-4-9/h7-9H,2-4,6H2,1H3,(H,15,16). The molecule has 1 amide bonds. The second-order valence-electron chi connectivity index (χ2n) is 4.73. The van der Waals surface area contributed by atoms with Crippen LogP contribution in [0, 0.1) is 21.4 Å². The Morgan fingerprint density at radius 3 is 2.90 bits per heavy atom. The molecule has 1 heterocycles. The van der Waals surface area contributed by atoms with E-state index >= 15 is 0 Å². The summed E-state index contributed by atoms with van der Waals surface area (Å²) in [6, 6.07) is 3.36. The molecule has 1 aliphatic rings. The molecule has 0 radical (unpaired) electrons. The quantitative estimate of drug-likeness (QED) is 0.628. The van der Waals surface area contributed by atoms with Crippen molar-refractivity contribution in [1.82, 2.24) is 9.88 Å². The number of hydrogen-bond donors (Lipinski definition) is 1. The molecule has 1 fully saturated rings. The molecule has 1 aliphatic carbocycles. The van der Waals surface area contributed by atoms with Gasteiger partial charge < -0.3 is 10.2 Å². The number of nitrogens with one attached hydrogen (secondary N) is 1. The molecular weight excluding hydrogens is 274 g/mol. The molecule has 0 unspecified atom stereocenters. The van der Waals surface area contributed by atoms with Gasteiger partial charge in [-0.25, -0.2) is 4.98 Å². The van der Waals surface area contributed by atoms with E-state index in [0.29, 0.717) is 12.4 Å². The Labute approximate surface area is 121 Å². The molecule has 1 aromatic heterocycles. The van der Waals surface area contributed by atoms with E-state index in [1.54, 1.807) is 11.9 Å². The molecule has 21 heavy (non-hydrogen) atoms. The number of hydrogen-bond acceptors (Lipinski definition) is 6. The first kappa shape index (κ1) is 14.7. The predicted molar refractivity (Wildman–Crippen MR) is 74.7 cm³/mol. The first-order valence-corrected chi connectivity index (χ1v) is 6.58. The number of amides is 1. The van der Waals surface area contributed by atoms with Crippen LogP contribution in [0.3, 0.4) is 0 Å². The van der Waals surface area contributed by atoms with E-state index in [0.717, 1.165) is 19.0 Å². The largest absolute Gasteiger partial charge is 0.372 e. The highest BCUT2D eigenvalue weighted by molar-refractivity contribution is 5.99. The summed E-state index contributed by atoms with van der Waals surface area (Å²) in [4.78, 5) is 28.4. The second-order valence-corrected chi connectivity index (χ2v) is 4.73. The normalized spacial score (nSPS) is 13.3. The minimum atomic E-state index is -0.583. The van der Waals surface area contributed by atoms with Crippen LogP contribution in [0.4, 0.5) is 11.5 Å². The van der Waals surface area contributed by atoms with E-state index in [2.05, 4.69) is 10.3 Å². The molecule has 8 heteroatoms. The van der Waals surface area contributed by atoms with Crippen molar-refractivity contribution in [2.24, 2.45) is 0 Å². The van der Waals surface area contributed by atoms with Crippen LogP contribution < -0.4 is 5.32 Å². The van der Waals surface area contributed by atoms with Crippen molar-refractivity contribution >= 4 is 17.4 Å². The first-order valence-electron chi connectivity index (χ1n) is 6.58. The van der Waals surface area contributed by atoms with Crippen molar-refractivity contribution < 1.29 is 9.72 Å². The van der Waals surface area contributed by atoms with Gasteiger partial charge in [-0.15, -0.1) is 0 Å². The van der Waals surface area contributed by atoms with Gasteiger partial charge in [-0.3, -0.25) is 14.9 Å². The van der Waals surface area contributed by atoms with Crippen molar-refractivity contribution in [3.63, 3.8) is 0 Å². The Hall–Kier alpha value is -2.69. The van der Waals surface area contributed by atoms with Crippen LogP contribution in [0.15, 0.2) is 12.3 Å². The number of nitrogens with zero attached hydrogens (tertiary/aromatic N) is 4. The highest BCUT2D eigenvalue weighted by Crippen LogP contribution is 2.30. The van der Waals surface area contributed by atoms with Gasteiger partial charge >= 0.3 is 0 Å². The highest BCUT2D eigenvalue weighted by atomic mass is 16.6. The van der Waals surface area contributed by atoms with Gasteiger partial charge in [-0.1, -0.05) is 0 Å². The van der Waals surface area contributed by atoms with Crippen molar-refractivity contribution in [2.75, 3.05) is 18.9 Å². The Balaban J connectivity index is 2.33. The van der Waals surface area contributed by atoms with Crippen LogP contribution >= 0.6 is 0 Å². The SMILES string of the molecule is CNc1ncc([N+](=O)[O-])cc1C(=O)N(CCC#N)C1CC1. The number of carbonyl (C=O) groups is 1. The van der Waals surface area contributed by atoms with Gasteiger partial charge in [-0.2, -0.15) is 5.26 Å². The van der Waals surface area contributed by atoms with Crippen molar-refractivity contribution in [3.8, 4) is 6.07 Å². The third kappa shape index (κ3) is 3.25. The van der Waals surface area contributed by atoms with Crippen molar-refractivity contribution in [1.29, 1.82) is 5.26 Å². The Kier molecular flexibility index (Phi) is 4.33. The summed E-state index contributed by atoms with van der Waals surface area (Å²) < 4.78 is 0. The zero-order valence-corrected chi connectivity index (χ0v) is 11.6. The minimum absolute atomic E-state index is 0.120. The van der Waals surface area contributed by atoms with Crippen LogP contribution in [0.5, 0.6) is 0 Å². The van der Waals surface area contributed by atoms with Crippen LogP contribution in [0.1, 0.15) is 29.6 Å². The zero-order valence-electron chi connectivity index (χ0n) is 11.6. The third-order valence-electron chi connectivity index (χ3n) is 3.26. The molecule has 0 aliphatic heterocycles. The van der Waals surface area contributed by atoms with E-state index in [4.69, 9.17) is 5.26 Å². The lowest BCUT2D eigenvalue weighted by Crippen LogP contribution is -2.34. The lowest BCUT2D eigenvalue weighted by atomic mass is 10.2. The van der Waals surface area contributed by atoms with E-state index in [1.165, 1.54) is 6.07 Å². The zero-order chi connectivity index (χ0) is 15.4. The maximum Gasteiger partial charge on any atom is 0.288 e. The Morgan fingerprint density at radius 1 is 1.67 bits per heavy atom. The smallest absolute Gasteiger partial charge is 0.288 e. The molecule has 0 saturated heterocycles.